The highest BCUT2D eigenvalue weighted by molar-refractivity contribution is 6.05. The van der Waals surface area contributed by atoms with Gasteiger partial charge in [-0.1, -0.05) is 97.1 Å². The third kappa shape index (κ3) is 3.40. The van der Waals surface area contributed by atoms with Crippen LogP contribution in [0.15, 0.2) is 97.1 Å². The Bertz CT molecular complexity index is 2370. The number of nitrogens with one attached hydrogen (secondary N) is 2. The fourth-order valence-electron chi connectivity index (χ4n) is 5.78. The zero-order valence-corrected chi connectivity index (χ0v) is 21.6. The molecular formula is C33H20N8. The van der Waals surface area contributed by atoms with Crippen molar-refractivity contribution in [2.75, 3.05) is 0 Å². The third-order valence-electron chi connectivity index (χ3n) is 7.70. The number of hydrogen-bond acceptors (Lipinski definition) is 6. The van der Waals surface area contributed by atoms with E-state index in [-0.39, 0.29) is 0 Å². The molecule has 0 radical (unpaired) electrons. The fourth-order valence-corrected chi connectivity index (χ4v) is 5.78. The van der Waals surface area contributed by atoms with Crippen molar-refractivity contribution < 1.29 is 0 Å². The molecule has 9 rings (SSSR count). The first kappa shape index (κ1) is 22.1. The van der Waals surface area contributed by atoms with E-state index in [9.17, 15) is 0 Å². The van der Waals surface area contributed by atoms with Gasteiger partial charge < -0.3 is 9.97 Å². The van der Waals surface area contributed by atoms with Gasteiger partial charge in [0.15, 0.2) is 17.5 Å². The van der Waals surface area contributed by atoms with E-state index in [0.717, 1.165) is 43.8 Å². The van der Waals surface area contributed by atoms with Gasteiger partial charge in [-0.15, -0.1) is 0 Å². The molecule has 0 spiro atoms. The second kappa shape index (κ2) is 8.37. The average molecular weight is 529 g/mol. The van der Waals surface area contributed by atoms with E-state index >= 15 is 0 Å². The van der Waals surface area contributed by atoms with Gasteiger partial charge >= 0.3 is 0 Å². The fraction of sp³-hybridized carbons (Fsp3) is 0.0303. The van der Waals surface area contributed by atoms with Crippen LogP contribution in [0.3, 0.4) is 0 Å². The molecule has 0 atom stereocenters. The minimum absolute atomic E-state index is 0.597. The largest absolute Gasteiger partial charge is 0.324 e. The van der Waals surface area contributed by atoms with Crippen LogP contribution in [0.25, 0.3) is 78.3 Å². The van der Waals surface area contributed by atoms with E-state index in [0.29, 0.717) is 52.3 Å². The number of rotatable bonds is 0. The molecule has 8 nitrogen and oxygen atoms in total. The number of nitrogens with zero attached hydrogens (tertiary/aromatic N) is 6. The minimum atomic E-state index is 0.597. The van der Waals surface area contributed by atoms with Crippen LogP contribution in [0, 0.1) is 0 Å². The van der Waals surface area contributed by atoms with Crippen molar-refractivity contribution in [1.82, 2.24) is 39.9 Å². The van der Waals surface area contributed by atoms with Gasteiger partial charge in [-0.25, -0.2) is 29.9 Å². The summed E-state index contributed by atoms with van der Waals surface area (Å²) in [5.74, 6) is 2.48. The van der Waals surface area contributed by atoms with Crippen LogP contribution in [0.2, 0.25) is 0 Å². The maximum Gasteiger partial charge on any atom is 0.164 e. The molecule has 8 heteroatoms. The zero-order valence-electron chi connectivity index (χ0n) is 21.6. The molecule has 7 aromatic rings. The van der Waals surface area contributed by atoms with Crippen LogP contribution in [0.4, 0.5) is 0 Å². The number of hydrogen-bond donors (Lipinski definition) is 2. The number of aromatic nitrogens is 8. The van der Waals surface area contributed by atoms with Crippen molar-refractivity contribution in [1.29, 1.82) is 0 Å². The standard InChI is InChI=1S/C33H20N8/c1-2-10-19-18(9-1)17-26-34-27(19)36-29-22-13-5-6-14-23(22)31(38-29)40-33-25-16-8-7-15-24(25)32(41-33)39-30-21-12-4-3-11-20(21)28(35-26)37-30/h1-16H,17H2,(H2,34,35,36,37,38,39,40,41). The molecule has 0 unspecified atom stereocenters. The van der Waals surface area contributed by atoms with Gasteiger partial charge in [0.1, 0.15) is 28.4 Å². The van der Waals surface area contributed by atoms with Crippen LogP contribution >= 0.6 is 0 Å². The van der Waals surface area contributed by atoms with E-state index < -0.39 is 0 Å². The molecule has 0 amide bonds. The first-order valence-corrected chi connectivity index (χ1v) is 13.4. The summed E-state index contributed by atoms with van der Waals surface area (Å²) in [5, 5.41) is 3.85. The molecule has 0 saturated carbocycles. The van der Waals surface area contributed by atoms with Crippen LogP contribution in [-0.2, 0) is 6.42 Å². The summed E-state index contributed by atoms with van der Waals surface area (Å²) in [4.78, 5) is 37.0. The number of fused-ring (bicyclic) bond motifs is 19. The predicted molar refractivity (Wildman–Crippen MR) is 160 cm³/mol. The minimum Gasteiger partial charge on any atom is -0.324 e. The Kier molecular flexibility index (Phi) is 4.51. The van der Waals surface area contributed by atoms with Crippen molar-refractivity contribution in [2.45, 2.75) is 6.42 Å². The van der Waals surface area contributed by atoms with E-state index in [1.807, 2.05) is 84.9 Å². The lowest BCUT2D eigenvalue weighted by molar-refractivity contribution is 0.955. The highest BCUT2D eigenvalue weighted by Crippen LogP contribution is 2.35. The molecule has 41 heavy (non-hydrogen) atoms. The Morgan fingerprint density at radius 2 is 0.805 bits per heavy atom. The van der Waals surface area contributed by atoms with Gasteiger partial charge in [0, 0.05) is 44.7 Å². The molecule has 0 saturated heterocycles. The Balaban J connectivity index is 1.50. The first-order valence-electron chi connectivity index (χ1n) is 13.4. The summed E-state index contributed by atoms with van der Waals surface area (Å²) >= 11 is 0. The van der Waals surface area contributed by atoms with Crippen LogP contribution < -0.4 is 0 Å². The Labute approximate surface area is 232 Å². The molecule has 3 aromatic heterocycles. The highest BCUT2D eigenvalue weighted by Gasteiger charge is 2.20. The summed E-state index contributed by atoms with van der Waals surface area (Å²) in [6.45, 7) is 0. The number of benzene rings is 4. The van der Waals surface area contributed by atoms with E-state index in [2.05, 4.69) is 22.1 Å². The summed E-state index contributed by atoms with van der Waals surface area (Å²) in [6, 6.07) is 32.5. The van der Waals surface area contributed by atoms with E-state index in [1.54, 1.807) is 0 Å². The van der Waals surface area contributed by atoms with Gasteiger partial charge in [0.2, 0.25) is 0 Å². The molecule has 2 N–H and O–H groups in total. The van der Waals surface area contributed by atoms with Gasteiger partial charge in [0.05, 0.1) is 0 Å². The SMILES string of the molecule is c1ccc2c(c1)Cc1nc-2nc2[nH]c(nc3nc(nc4[nH]c(n1)c1ccccc41)-c1ccccc1-3)c1ccccc21. The summed E-state index contributed by atoms with van der Waals surface area (Å²) in [6.07, 6.45) is 0.597. The average Bonchev–Trinajstić information content (AvgIpc) is 3.65. The van der Waals surface area contributed by atoms with Crippen LogP contribution in [0.1, 0.15) is 11.4 Å². The lowest BCUT2D eigenvalue weighted by Crippen LogP contribution is -2.05. The van der Waals surface area contributed by atoms with E-state index in [1.165, 1.54) is 0 Å². The number of aromatic amines is 2. The molecule has 2 aliphatic heterocycles. The second-order valence-electron chi connectivity index (χ2n) is 10.2. The molecular weight excluding hydrogens is 508 g/mol. The topological polar surface area (TPSA) is 109 Å². The molecule has 0 aliphatic carbocycles. The monoisotopic (exact) mass is 528 g/mol. The molecule has 2 aliphatic rings. The normalized spacial score (nSPS) is 12.3. The van der Waals surface area contributed by atoms with Crippen molar-refractivity contribution in [3.8, 4) is 34.2 Å². The summed E-state index contributed by atoms with van der Waals surface area (Å²) in [5.41, 5.74) is 6.75. The van der Waals surface area contributed by atoms with Crippen molar-refractivity contribution in [3.63, 3.8) is 0 Å². The van der Waals surface area contributed by atoms with Crippen LogP contribution in [-0.4, -0.2) is 39.9 Å². The quantitative estimate of drug-likeness (QED) is 0.224. The molecule has 0 fully saturated rings. The van der Waals surface area contributed by atoms with Gasteiger partial charge in [-0.05, 0) is 5.56 Å². The number of H-pyrrole nitrogens is 2. The first-order chi connectivity index (χ1) is 20.3. The Morgan fingerprint density at radius 1 is 0.390 bits per heavy atom. The summed E-state index contributed by atoms with van der Waals surface area (Å²) in [7, 11) is 0. The van der Waals surface area contributed by atoms with Gasteiger partial charge in [0.25, 0.3) is 0 Å². The lowest BCUT2D eigenvalue weighted by Gasteiger charge is -2.11. The van der Waals surface area contributed by atoms with Gasteiger partial charge in [-0.2, -0.15) is 0 Å². The highest BCUT2D eigenvalue weighted by atomic mass is 15.0. The van der Waals surface area contributed by atoms with Crippen molar-refractivity contribution in [2.24, 2.45) is 0 Å². The molecule has 192 valence electrons. The van der Waals surface area contributed by atoms with Crippen LogP contribution in [0.5, 0.6) is 0 Å². The lowest BCUT2D eigenvalue weighted by atomic mass is 10.0. The van der Waals surface area contributed by atoms with E-state index in [4.69, 9.17) is 29.9 Å². The second-order valence-corrected chi connectivity index (χ2v) is 10.2. The molecule has 5 heterocycles. The molecule has 4 aromatic carbocycles. The Hall–Kier alpha value is -5.76. The maximum absolute atomic E-state index is 5.08. The molecule has 8 bridgehead atoms. The Morgan fingerprint density at radius 3 is 1.34 bits per heavy atom. The third-order valence-corrected chi connectivity index (χ3v) is 7.70. The summed E-state index contributed by atoms with van der Waals surface area (Å²) < 4.78 is 0. The zero-order chi connectivity index (χ0) is 26.9. The maximum atomic E-state index is 5.08. The van der Waals surface area contributed by atoms with Crippen molar-refractivity contribution >= 4 is 44.1 Å². The predicted octanol–water partition coefficient (Wildman–Crippen LogP) is 6.79. The smallest absolute Gasteiger partial charge is 0.164 e. The van der Waals surface area contributed by atoms with Gasteiger partial charge in [-0.3, -0.25) is 0 Å². The van der Waals surface area contributed by atoms with Crippen molar-refractivity contribution in [3.05, 3.63) is 108 Å².